The van der Waals surface area contributed by atoms with E-state index in [1.807, 2.05) is 30.3 Å². The second-order valence-corrected chi connectivity index (χ2v) is 6.73. The number of rotatable bonds is 6. The van der Waals surface area contributed by atoms with Gasteiger partial charge in [-0.1, -0.05) is 30.3 Å². The van der Waals surface area contributed by atoms with Crippen molar-refractivity contribution >= 4 is 12.1 Å². The van der Waals surface area contributed by atoms with Gasteiger partial charge in [0.05, 0.1) is 6.33 Å². The Labute approximate surface area is 146 Å². The molecule has 0 saturated heterocycles. The van der Waals surface area contributed by atoms with Crippen LogP contribution in [0.15, 0.2) is 42.9 Å². The summed E-state index contributed by atoms with van der Waals surface area (Å²) in [5.74, 6) is -1.10. The average Bonchev–Trinajstić information content (AvgIpc) is 3.03. The summed E-state index contributed by atoms with van der Waals surface area (Å²) in [5, 5.41) is 9.68. The van der Waals surface area contributed by atoms with Gasteiger partial charge in [-0.25, -0.2) is 14.6 Å². The molecule has 1 heterocycles. The predicted molar refractivity (Wildman–Crippen MR) is 91.9 cm³/mol. The third kappa shape index (κ3) is 5.63. The Balaban J connectivity index is 2.29. The second kappa shape index (κ2) is 7.83. The number of carbonyl (C=O) groups is 2. The molecule has 1 aromatic heterocycles. The summed E-state index contributed by atoms with van der Waals surface area (Å²) >= 11 is 0. The van der Waals surface area contributed by atoms with E-state index in [-0.39, 0.29) is 13.0 Å². The molecular formula is C18H23N3O4. The van der Waals surface area contributed by atoms with E-state index in [4.69, 9.17) is 4.74 Å². The number of imidazole rings is 1. The molecule has 0 saturated carbocycles. The number of benzene rings is 1. The minimum atomic E-state index is -1.10. The van der Waals surface area contributed by atoms with E-state index < -0.39 is 23.7 Å². The molecule has 1 atom stereocenters. The lowest BCUT2D eigenvalue weighted by Gasteiger charge is -2.31. The summed E-state index contributed by atoms with van der Waals surface area (Å²) < 4.78 is 5.42. The third-order valence-electron chi connectivity index (χ3n) is 3.45. The zero-order chi connectivity index (χ0) is 18.4. The molecule has 0 aliphatic heterocycles. The molecule has 0 bridgehead atoms. The average molecular weight is 345 g/mol. The largest absolute Gasteiger partial charge is 0.480 e. The lowest BCUT2D eigenvalue weighted by atomic mass is 10.1. The first-order chi connectivity index (χ1) is 11.8. The van der Waals surface area contributed by atoms with Crippen LogP contribution in [0.25, 0.3) is 0 Å². The van der Waals surface area contributed by atoms with Crippen molar-refractivity contribution in [1.82, 2.24) is 14.9 Å². The molecule has 2 rings (SSSR count). The van der Waals surface area contributed by atoms with Crippen molar-refractivity contribution in [3.05, 3.63) is 54.1 Å². The Bertz CT molecular complexity index is 693. The quantitative estimate of drug-likeness (QED) is 0.839. The highest BCUT2D eigenvalue weighted by molar-refractivity contribution is 5.80. The van der Waals surface area contributed by atoms with Crippen molar-refractivity contribution in [1.29, 1.82) is 0 Å². The molecule has 0 spiro atoms. The number of aromatic amines is 1. The van der Waals surface area contributed by atoms with Gasteiger partial charge in [-0.05, 0) is 26.3 Å². The smallest absolute Gasteiger partial charge is 0.411 e. The van der Waals surface area contributed by atoms with Gasteiger partial charge >= 0.3 is 12.1 Å². The van der Waals surface area contributed by atoms with Gasteiger partial charge in [0.25, 0.3) is 0 Å². The molecule has 2 N–H and O–H groups in total. The van der Waals surface area contributed by atoms with Gasteiger partial charge in [-0.2, -0.15) is 0 Å². The number of hydrogen-bond acceptors (Lipinski definition) is 4. The van der Waals surface area contributed by atoms with Crippen LogP contribution in [0, 0.1) is 0 Å². The molecule has 0 unspecified atom stereocenters. The van der Waals surface area contributed by atoms with Crippen LogP contribution in [0.4, 0.5) is 4.79 Å². The Morgan fingerprint density at radius 1 is 1.28 bits per heavy atom. The Kier molecular flexibility index (Phi) is 5.80. The van der Waals surface area contributed by atoms with Crippen LogP contribution in [-0.4, -0.2) is 43.7 Å². The number of nitrogens with one attached hydrogen (secondary N) is 1. The SMILES string of the molecule is CC(C)(C)OC(=O)N(Cc1ccccc1)[C@H](Cc1cnc[nH]1)C(=O)O. The van der Waals surface area contributed by atoms with Crippen molar-refractivity contribution < 1.29 is 19.4 Å². The third-order valence-corrected chi connectivity index (χ3v) is 3.45. The fourth-order valence-electron chi connectivity index (χ4n) is 2.34. The maximum Gasteiger partial charge on any atom is 0.411 e. The van der Waals surface area contributed by atoms with E-state index in [1.165, 1.54) is 11.2 Å². The fourth-order valence-corrected chi connectivity index (χ4v) is 2.34. The minimum Gasteiger partial charge on any atom is -0.480 e. The molecule has 1 aromatic carbocycles. The number of amides is 1. The Morgan fingerprint density at radius 3 is 2.48 bits per heavy atom. The monoisotopic (exact) mass is 345 g/mol. The van der Waals surface area contributed by atoms with Crippen LogP contribution in [0.3, 0.4) is 0 Å². The summed E-state index contributed by atoms with van der Waals surface area (Å²) in [6.07, 6.45) is 2.47. The molecule has 7 heteroatoms. The van der Waals surface area contributed by atoms with Crippen LogP contribution >= 0.6 is 0 Å². The van der Waals surface area contributed by atoms with Crippen LogP contribution < -0.4 is 0 Å². The topological polar surface area (TPSA) is 95.5 Å². The van der Waals surface area contributed by atoms with E-state index in [9.17, 15) is 14.7 Å². The summed E-state index contributed by atoms with van der Waals surface area (Å²) in [6, 6.07) is 8.15. The predicted octanol–water partition coefficient (Wildman–Crippen LogP) is 2.84. The zero-order valence-corrected chi connectivity index (χ0v) is 14.6. The molecule has 0 aliphatic carbocycles. The van der Waals surface area contributed by atoms with Crippen LogP contribution in [0.1, 0.15) is 32.0 Å². The highest BCUT2D eigenvalue weighted by Crippen LogP contribution is 2.17. The highest BCUT2D eigenvalue weighted by atomic mass is 16.6. The number of aromatic nitrogens is 2. The minimum absolute atomic E-state index is 0.113. The van der Waals surface area contributed by atoms with E-state index in [2.05, 4.69) is 9.97 Å². The van der Waals surface area contributed by atoms with Crippen LogP contribution in [0.2, 0.25) is 0 Å². The number of H-pyrrole nitrogens is 1. The highest BCUT2D eigenvalue weighted by Gasteiger charge is 2.33. The molecule has 25 heavy (non-hydrogen) atoms. The van der Waals surface area contributed by atoms with Gasteiger partial charge in [-0.15, -0.1) is 0 Å². The van der Waals surface area contributed by atoms with Crippen molar-refractivity contribution in [3.63, 3.8) is 0 Å². The van der Waals surface area contributed by atoms with Crippen molar-refractivity contribution in [3.8, 4) is 0 Å². The number of carboxylic acid groups (broad SMARTS) is 1. The molecular weight excluding hydrogens is 322 g/mol. The molecule has 2 aromatic rings. The van der Waals surface area contributed by atoms with Crippen LogP contribution in [0.5, 0.6) is 0 Å². The molecule has 1 amide bonds. The standard InChI is InChI=1S/C18H23N3O4/c1-18(2,3)25-17(24)21(11-13-7-5-4-6-8-13)15(16(22)23)9-14-10-19-12-20-14/h4-8,10,12,15H,9,11H2,1-3H3,(H,19,20)(H,22,23)/t15-/m1/s1. The Morgan fingerprint density at radius 2 is 1.96 bits per heavy atom. The summed E-state index contributed by atoms with van der Waals surface area (Å²) in [6.45, 7) is 5.38. The zero-order valence-electron chi connectivity index (χ0n) is 14.6. The van der Waals surface area contributed by atoms with Gasteiger partial charge in [0.15, 0.2) is 0 Å². The van der Waals surface area contributed by atoms with Gasteiger partial charge in [0, 0.05) is 24.9 Å². The normalized spacial score (nSPS) is 12.4. The molecule has 0 aliphatic rings. The lowest BCUT2D eigenvalue weighted by molar-refractivity contribution is -0.143. The molecule has 134 valence electrons. The first-order valence-corrected chi connectivity index (χ1v) is 8.00. The second-order valence-electron chi connectivity index (χ2n) is 6.73. The number of aliphatic carboxylic acids is 1. The number of carboxylic acids is 1. The van der Waals surface area contributed by atoms with Gasteiger partial charge in [0.1, 0.15) is 11.6 Å². The van der Waals surface area contributed by atoms with E-state index in [1.54, 1.807) is 27.0 Å². The summed E-state index contributed by atoms with van der Waals surface area (Å²) in [4.78, 5) is 32.5. The van der Waals surface area contributed by atoms with Crippen molar-refractivity contribution in [2.75, 3.05) is 0 Å². The first-order valence-electron chi connectivity index (χ1n) is 8.00. The maximum absolute atomic E-state index is 12.7. The van der Waals surface area contributed by atoms with E-state index >= 15 is 0 Å². The van der Waals surface area contributed by atoms with Gasteiger partial charge < -0.3 is 14.8 Å². The number of hydrogen-bond donors (Lipinski definition) is 2. The maximum atomic E-state index is 12.7. The van der Waals surface area contributed by atoms with Crippen molar-refractivity contribution in [2.45, 2.75) is 45.4 Å². The number of nitrogens with zero attached hydrogens (tertiary/aromatic N) is 2. The van der Waals surface area contributed by atoms with E-state index in [0.717, 1.165) is 5.56 Å². The lowest BCUT2D eigenvalue weighted by Crippen LogP contribution is -2.48. The molecule has 0 radical (unpaired) electrons. The Hall–Kier alpha value is -2.83. The van der Waals surface area contributed by atoms with Gasteiger partial charge in [-0.3, -0.25) is 4.90 Å². The molecule has 0 fully saturated rings. The molecule has 7 nitrogen and oxygen atoms in total. The van der Waals surface area contributed by atoms with E-state index in [0.29, 0.717) is 5.69 Å². The first kappa shape index (κ1) is 18.5. The van der Waals surface area contributed by atoms with Crippen molar-refractivity contribution in [2.24, 2.45) is 0 Å². The van der Waals surface area contributed by atoms with Crippen LogP contribution in [-0.2, 0) is 22.5 Å². The fraction of sp³-hybridized carbons (Fsp3) is 0.389. The van der Waals surface area contributed by atoms with Gasteiger partial charge in [0.2, 0.25) is 0 Å². The number of ether oxygens (including phenoxy) is 1. The number of carbonyl (C=O) groups excluding carboxylic acids is 1. The summed E-state index contributed by atoms with van der Waals surface area (Å²) in [7, 11) is 0. The summed E-state index contributed by atoms with van der Waals surface area (Å²) in [5.41, 5.74) is 0.738.